The molecule has 2 heterocycles. The second kappa shape index (κ2) is 7.81. The summed E-state index contributed by atoms with van der Waals surface area (Å²) < 4.78 is 43.6. The lowest BCUT2D eigenvalue weighted by atomic mass is 10.1. The topological polar surface area (TPSA) is 67.3 Å². The number of piperidine rings is 1. The third kappa shape index (κ3) is 5.08. The Morgan fingerprint density at radius 1 is 1.19 bits per heavy atom. The van der Waals surface area contributed by atoms with Gasteiger partial charge in [-0.15, -0.1) is 5.10 Å². The van der Waals surface area contributed by atoms with E-state index in [1.165, 1.54) is 12.1 Å². The van der Waals surface area contributed by atoms with E-state index in [-0.39, 0.29) is 12.1 Å². The van der Waals surface area contributed by atoms with Crippen molar-refractivity contribution in [3.63, 3.8) is 0 Å². The zero-order valence-electron chi connectivity index (χ0n) is 14.7. The summed E-state index contributed by atoms with van der Waals surface area (Å²) in [5, 5.41) is 10.5. The Morgan fingerprint density at radius 3 is 2.56 bits per heavy atom. The first-order chi connectivity index (χ1) is 12.8. The first-order valence-corrected chi connectivity index (χ1v) is 8.51. The van der Waals surface area contributed by atoms with Crippen molar-refractivity contribution in [3.8, 4) is 5.88 Å². The quantitative estimate of drug-likeness (QED) is 0.878. The largest absolute Gasteiger partial charge is 0.471 e. The molecule has 2 aromatic rings. The summed E-state index contributed by atoms with van der Waals surface area (Å²) >= 11 is 0. The molecule has 6 nitrogen and oxygen atoms in total. The van der Waals surface area contributed by atoms with Crippen LogP contribution in [0.5, 0.6) is 5.88 Å². The van der Waals surface area contributed by atoms with Crippen LogP contribution >= 0.6 is 0 Å². The van der Waals surface area contributed by atoms with Crippen LogP contribution in [-0.2, 0) is 6.18 Å². The molecule has 1 fully saturated rings. The summed E-state index contributed by atoms with van der Waals surface area (Å²) in [6, 6.07) is 7.49. The fraction of sp³-hybridized carbons (Fsp3) is 0.389. The number of nitrogens with zero attached hydrogens (tertiary/aromatic N) is 3. The van der Waals surface area contributed by atoms with Crippen molar-refractivity contribution >= 4 is 11.7 Å². The molecule has 1 N–H and O–H groups in total. The van der Waals surface area contributed by atoms with Gasteiger partial charge < -0.3 is 15.0 Å². The summed E-state index contributed by atoms with van der Waals surface area (Å²) in [6.07, 6.45) is -3.09. The highest BCUT2D eigenvalue weighted by Crippen LogP contribution is 2.30. The van der Waals surface area contributed by atoms with Crippen LogP contribution in [0.15, 0.2) is 36.4 Å². The Hall–Kier alpha value is -2.84. The number of rotatable bonds is 3. The van der Waals surface area contributed by atoms with E-state index in [0.29, 0.717) is 24.7 Å². The average molecular weight is 380 g/mol. The van der Waals surface area contributed by atoms with Crippen molar-refractivity contribution in [2.24, 2.45) is 0 Å². The summed E-state index contributed by atoms with van der Waals surface area (Å²) in [6.45, 7) is 2.73. The number of hydrogen-bond acceptors (Lipinski definition) is 4. The average Bonchev–Trinajstić information content (AvgIpc) is 2.63. The molecule has 9 heteroatoms. The smallest absolute Gasteiger partial charge is 0.416 e. The first kappa shape index (κ1) is 18.9. The molecule has 0 bridgehead atoms. The highest BCUT2D eigenvalue weighted by molar-refractivity contribution is 5.89. The van der Waals surface area contributed by atoms with Gasteiger partial charge in [0.1, 0.15) is 6.10 Å². The number of halogens is 3. The highest BCUT2D eigenvalue weighted by Gasteiger charge is 2.30. The molecule has 1 aromatic carbocycles. The zero-order chi connectivity index (χ0) is 19.4. The van der Waals surface area contributed by atoms with E-state index >= 15 is 0 Å². The van der Waals surface area contributed by atoms with Crippen molar-refractivity contribution in [2.75, 3.05) is 18.4 Å². The number of alkyl halides is 3. The fourth-order valence-corrected chi connectivity index (χ4v) is 2.78. The van der Waals surface area contributed by atoms with Gasteiger partial charge in [0.15, 0.2) is 0 Å². The first-order valence-electron chi connectivity index (χ1n) is 8.51. The molecule has 1 aliphatic heterocycles. The van der Waals surface area contributed by atoms with Gasteiger partial charge in [0.25, 0.3) is 0 Å². The number of anilines is 1. The number of aryl methyl sites for hydroxylation is 1. The van der Waals surface area contributed by atoms with Crippen molar-refractivity contribution in [2.45, 2.75) is 32.0 Å². The Bertz CT molecular complexity index is 779. The van der Waals surface area contributed by atoms with E-state index < -0.39 is 11.7 Å². The highest BCUT2D eigenvalue weighted by atomic mass is 19.4. The van der Waals surface area contributed by atoms with Crippen LogP contribution in [0.2, 0.25) is 0 Å². The van der Waals surface area contributed by atoms with Gasteiger partial charge in [0.05, 0.1) is 17.8 Å². The second-order valence-electron chi connectivity index (χ2n) is 6.35. The fourth-order valence-electron chi connectivity index (χ4n) is 2.78. The van der Waals surface area contributed by atoms with Gasteiger partial charge in [0, 0.05) is 18.3 Å². The van der Waals surface area contributed by atoms with E-state index in [1.807, 2.05) is 6.92 Å². The third-order valence-corrected chi connectivity index (χ3v) is 4.19. The molecule has 1 aromatic heterocycles. The number of amides is 2. The predicted octanol–water partition coefficient (Wildman–Crippen LogP) is 3.88. The molecule has 1 atom stereocenters. The van der Waals surface area contributed by atoms with E-state index in [0.717, 1.165) is 30.7 Å². The SMILES string of the molecule is Cc1ccc(OC2CCCN(C(=O)Nc3ccc(C(F)(F)F)cc3)C2)nn1. The van der Waals surface area contributed by atoms with Crippen LogP contribution in [-0.4, -0.2) is 40.3 Å². The van der Waals surface area contributed by atoms with Gasteiger partial charge in [-0.3, -0.25) is 0 Å². The number of carbonyl (C=O) groups excluding carboxylic acids is 1. The summed E-state index contributed by atoms with van der Waals surface area (Å²) in [7, 11) is 0. The van der Waals surface area contributed by atoms with Crippen LogP contribution < -0.4 is 10.1 Å². The van der Waals surface area contributed by atoms with Gasteiger partial charge in [-0.25, -0.2) is 4.79 Å². The number of likely N-dealkylation sites (tertiary alicyclic amines) is 1. The molecular weight excluding hydrogens is 361 g/mol. The Morgan fingerprint density at radius 2 is 1.93 bits per heavy atom. The molecule has 1 aliphatic rings. The van der Waals surface area contributed by atoms with E-state index in [1.54, 1.807) is 17.0 Å². The number of carbonyl (C=O) groups is 1. The van der Waals surface area contributed by atoms with Gasteiger partial charge >= 0.3 is 12.2 Å². The molecule has 0 spiro atoms. The van der Waals surface area contributed by atoms with Crippen LogP contribution in [0, 0.1) is 6.92 Å². The number of benzene rings is 1. The minimum absolute atomic E-state index is 0.214. The molecule has 1 saturated heterocycles. The van der Waals surface area contributed by atoms with Crippen LogP contribution in [0.1, 0.15) is 24.1 Å². The van der Waals surface area contributed by atoms with Gasteiger partial charge in [-0.2, -0.15) is 18.3 Å². The lowest BCUT2D eigenvalue weighted by Crippen LogP contribution is -2.46. The number of hydrogen-bond donors (Lipinski definition) is 1. The lowest BCUT2D eigenvalue weighted by molar-refractivity contribution is -0.137. The third-order valence-electron chi connectivity index (χ3n) is 4.19. The van der Waals surface area contributed by atoms with Crippen LogP contribution in [0.4, 0.5) is 23.7 Å². The normalized spacial score (nSPS) is 17.5. The predicted molar refractivity (Wildman–Crippen MR) is 92.5 cm³/mol. The number of ether oxygens (including phenoxy) is 1. The van der Waals surface area contributed by atoms with E-state index in [2.05, 4.69) is 15.5 Å². The van der Waals surface area contributed by atoms with Gasteiger partial charge in [-0.05, 0) is 50.1 Å². The Kier molecular flexibility index (Phi) is 5.48. The maximum absolute atomic E-state index is 12.6. The summed E-state index contributed by atoms with van der Waals surface area (Å²) in [5.41, 5.74) is 0.329. The molecule has 3 rings (SSSR count). The van der Waals surface area contributed by atoms with Crippen LogP contribution in [0.3, 0.4) is 0 Å². The molecule has 27 heavy (non-hydrogen) atoms. The zero-order valence-corrected chi connectivity index (χ0v) is 14.7. The molecule has 1 unspecified atom stereocenters. The van der Waals surface area contributed by atoms with Crippen molar-refractivity contribution in [1.82, 2.24) is 15.1 Å². The number of nitrogens with one attached hydrogen (secondary N) is 1. The minimum Gasteiger partial charge on any atom is -0.471 e. The van der Waals surface area contributed by atoms with Gasteiger partial charge in [-0.1, -0.05) is 0 Å². The molecule has 0 aliphatic carbocycles. The van der Waals surface area contributed by atoms with Gasteiger partial charge in [0.2, 0.25) is 5.88 Å². The maximum Gasteiger partial charge on any atom is 0.416 e. The van der Waals surface area contributed by atoms with Crippen molar-refractivity contribution in [1.29, 1.82) is 0 Å². The molecule has 144 valence electrons. The van der Waals surface area contributed by atoms with Crippen LogP contribution in [0.25, 0.3) is 0 Å². The standard InChI is InChI=1S/C18H19F3N4O2/c1-12-4-9-16(24-23-12)27-15-3-2-10-25(11-15)17(26)22-14-7-5-13(6-8-14)18(19,20)21/h4-9,15H,2-3,10-11H2,1H3,(H,22,26). The maximum atomic E-state index is 12.6. The van der Waals surface area contributed by atoms with E-state index in [9.17, 15) is 18.0 Å². The summed E-state index contributed by atoms with van der Waals surface area (Å²) in [5.74, 6) is 0.399. The van der Waals surface area contributed by atoms with Crippen molar-refractivity contribution in [3.05, 3.63) is 47.7 Å². The number of urea groups is 1. The molecule has 2 amide bonds. The molecule has 0 saturated carbocycles. The Balaban J connectivity index is 1.57. The second-order valence-corrected chi connectivity index (χ2v) is 6.35. The molecular formula is C18H19F3N4O2. The minimum atomic E-state index is -4.40. The summed E-state index contributed by atoms with van der Waals surface area (Å²) in [4.78, 5) is 14.0. The van der Waals surface area contributed by atoms with Crippen molar-refractivity contribution < 1.29 is 22.7 Å². The lowest BCUT2D eigenvalue weighted by Gasteiger charge is -2.32. The Labute approximate surface area is 154 Å². The monoisotopic (exact) mass is 380 g/mol. The molecule has 0 radical (unpaired) electrons. The number of aromatic nitrogens is 2. The van der Waals surface area contributed by atoms with E-state index in [4.69, 9.17) is 4.74 Å².